The Morgan fingerprint density at radius 3 is 2.09 bits per heavy atom. The second-order valence-electron chi connectivity index (χ2n) is 8.04. The van der Waals surface area contributed by atoms with Gasteiger partial charge in [0.1, 0.15) is 17.2 Å². The molecular weight excluding hydrogens is 470 g/mol. The van der Waals surface area contributed by atoms with Crippen LogP contribution in [0.5, 0.6) is 17.2 Å². The first-order valence-corrected chi connectivity index (χ1v) is 12.4. The second-order valence-corrected chi connectivity index (χ2v) is 9.61. The first-order valence-electron chi connectivity index (χ1n) is 10.5. The van der Waals surface area contributed by atoms with E-state index in [0.29, 0.717) is 33.8 Å². The van der Waals surface area contributed by atoms with Crippen LogP contribution in [0.15, 0.2) is 71.7 Å². The van der Waals surface area contributed by atoms with Gasteiger partial charge in [0.2, 0.25) is 0 Å². The summed E-state index contributed by atoms with van der Waals surface area (Å²) >= 11 is 0. The molecule has 3 aromatic rings. The number of guanidine groups is 1. The van der Waals surface area contributed by atoms with Gasteiger partial charge in [-0.15, -0.1) is 0 Å². The second kappa shape index (κ2) is 8.95. The summed E-state index contributed by atoms with van der Waals surface area (Å²) in [6.45, 7) is 0. The normalized spacial score (nSPS) is 17.8. The molecule has 1 atom stereocenters. The Kier molecular flexibility index (Phi) is 6.16. The largest absolute Gasteiger partial charge is 0.497 e. The monoisotopic (exact) mass is 495 g/mol. The Balaban J connectivity index is 1.89. The van der Waals surface area contributed by atoms with Gasteiger partial charge >= 0.3 is 10.1 Å². The van der Waals surface area contributed by atoms with E-state index in [1.807, 2.05) is 12.1 Å². The van der Waals surface area contributed by atoms with E-state index >= 15 is 0 Å². The van der Waals surface area contributed by atoms with Crippen LogP contribution in [0.3, 0.4) is 0 Å². The zero-order valence-corrected chi connectivity index (χ0v) is 20.5. The van der Waals surface area contributed by atoms with Crippen LogP contribution in [-0.4, -0.2) is 52.7 Å². The average molecular weight is 496 g/mol. The number of ether oxygens (including phenoxy) is 2. The molecule has 0 saturated carbocycles. The van der Waals surface area contributed by atoms with Crippen molar-refractivity contribution in [1.29, 1.82) is 0 Å². The third-order valence-corrected chi connectivity index (χ3v) is 6.22. The summed E-state index contributed by atoms with van der Waals surface area (Å²) < 4.78 is 39.0. The van der Waals surface area contributed by atoms with E-state index in [9.17, 15) is 13.2 Å². The number of rotatable bonds is 7. The number of nitrogens with zero attached hydrogens (tertiary/aromatic N) is 2. The minimum Gasteiger partial charge on any atom is -0.497 e. The Hall–Kier alpha value is -4.05. The molecule has 10 heteroatoms. The van der Waals surface area contributed by atoms with Gasteiger partial charge in [0, 0.05) is 13.1 Å². The molecule has 9 nitrogen and oxygen atoms in total. The standard InChI is InChI=1S/C25H25N3O6S/c1-28-23(29)25(27-24(28)26,18-8-10-20(32-2)11-9-18)19-7-5-6-16(12-19)17-13-21(33-3)15-22(14-17)34-35(4,30)31/h5-15H,1-4H3,(H2,26,27). The molecule has 0 saturated heterocycles. The number of likely N-dealkylation sites (N-methyl/N-ethyl adjacent to an activating group) is 1. The zero-order valence-electron chi connectivity index (χ0n) is 19.7. The van der Waals surface area contributed by atoms with Crippen molar-refractivity contribution in [2.45, 2.75) is 5.54 Å². The number of hydrogen-bond donors (Lipinski definition) is 1. The van der Waals surface area contributed by atoms with E-state index in [1.54, 1.807) is 62.7 Å². The Bertz CT molecular complexity index is 1420. The highest BCUT2D eigenvalue weighted by Crippen LogP contribution is 2.41. The third kappa shape index (κ3) is 4.52. The summed E-state index contributed by atoms with van der Waals surface area (Å²) in [7, 11) is 0.875. The number of carbonyl (C=O) groups is 1. The van der Waals surface area contributed by atoms with Crippen LogP contribution < -0.4 is 19.4 Å². The van der Waals surface area contributed by atoms with Gasteiger partial charge in [-0.1, -0.05) is 30.3 Å². The fourth-order valence-electron chi connectivity index (χ4n) is 4.02. The molecule has 4 rings (SSSR count). The molecule has 0 aromatic heterocycles. The minimum atomic E-state index is -3.74. The summed E-state index contributed by atoms with van der Waals surface area (Å²) in [4.78, 5) is 19.5. The number of nitrogens with two attached hydrogens (primary N) is 1. The summed E-state index contributed by atoms with van der Waals surface area (Å²) in [5.74, 6) is 0.958. The number of benzene rings is 3. The average Bonchev–Trinajstić information content (AvgIpc) is 3.07. The molecule has 1 aliphatic rings. The Labute approximate surface area is 203 Å². The third-order valence-electron chi connectivity index (χ3n) is 5.72. The van der Waals surface area contributed by atoms with Crippen LogP contribution in [0.25, 0.3) is 11.1 Å². The van der Waals surface area contributed by atoms with Gasteiger partial charge in [-0.05, 0) is 52.6 Å². The molecule has 1 unspecified atom stereocenters. The molecule has 2 N–H and O–H groups in total. The molecule has 1 aliphatic heterocycles. The fourth-order valence-corrected chi connectivity index (χ4v) is 4.47. The van der Waals surface area contributed by atoms with Crippen LogP contribution in [0.1, 0.15) is 11.1 Å². The predicted octanol–water partition coefficient (Wildman–Crippen LogP) is 2.74. The highest BCUT2D eigenvalue weighted by molar-refractivity contribution is 7.86. The van der Waals surface area contributed by atoms with E-state index < -0.39 is 15.7 Å². The summed E-state index contributed by atoms with van der Waals surface area (Å²) in [5, 5.41) is 0. The van der Waals surface area contributed by atoms with Crippen molar-refractivity contribution in [3.8, 4) is 28.4 Å². The SMILES string of the molecule is COc1ccc(C2(c3cccc(-c4cc(OC)cc(OS(C)(=O)=O)c4)c3)N=C(N)N(C)C2=O)cc1. The summed E-state index contributed by atoms with van der Waals surface area (Å²) in [6, 6.07) is 19.1. The van der Waals surface area contributed by atoms with E-state index in [2.05, 4.69) is 4.99 Å². The van der Waals surface area contributed by atoms with Gasteiger partial charge in [0.15, 0.2) is 11.5 Å². The zero-order chi connectivity index (χ0) is 25.4. The predicted molar refractivity (Wildman–Crippen MR) is 132 cm³/mol. The van der Waals surface area contributed by atoms with Crippen molar-refractivity contribution >= 4 is 22.0 Å². The van der Waals surface area contributed by atoms with Gasteiger partial charge in [-0.3, -0.25) is 9.69 Å². The molecular formula is C25H25N3O6S. The van der Waals surface area contributed by atoms with Crippen LogP contribution in [0.4, 0.5) is 0 Å². The highest BCUT2D eigenvalue weighted by Gasteiger charge is 2.49. The molecule has 3 aromatic carbocycles. The van der Waals surface area contributed by atoms with E-state index in [-0.39, 0.29) is 17.6 Å². The van der Waals surface area contributed by atoms with Gasteiger partial charge in [0.25, 0.3) is 5.91 Å². The van der Waals surface area contributed by atoms with Crippen molar-refractivity contribution < 1.29 is 26.9 Å². The smallest absolute Gasteiger partial charge is 0.306 e. The van der Waals surface area contributed by atoms with Crippen molar-refractivity contribution in [2.75, 3.05) is 27.5 Å². The van der Waals surface area contributed by atoms with Crippen LogP contribution in [-0.2, 0) is 20.5 Å². The van der Waals surface area contributed by atoms with Crippen LogP contribution in [0, 0.1) is 0 Å². The molecule has 0 fully saturated rings. The van der Waals surface area contributed by atoms with Crippen molar-refractivity contribution in [3.05, 3.63) is 77.9 Å². The number of methoxy groups -OCH3 is 2. The van der Waals surface area contributed by atoms with Gasteiger partial charge in [-0.2, -0.15) is 8.42 Å². The van der Waals surface area contributed by atoms with Crippen LogP contribution >= 0.6 is 0 Å². The molecule has 0 spiro atoms. The molecule has 0 aliphatic carbocycles. The van der Waals surface area contributed by atoms with E-state index in [4.69, 9.17) is 19.4 Å². The topological polar surface area (TPSA) is 121 Å². The maximum atomic E-state index is 13.5. The minimum absolute atomic E-state index is 0.0986. The molecule has 1 amide bonds. The lowest BCUT2D eigenvalue weighted by Gasteiger charge is -2.26. The molecule has 182 valence electrons. The Morgan fingerprint density at radius 1 is 0.857 bits per heavy atom. The number of carbonyl (C=O) groups excluding carboxylic acids is 1. The lowest BCUT2D eigenvalue weighted by Crippen LogP contribution is -2.41. The first kappa shape index (κ1) is 24.1. The van der Waals surface area contributed by atoms with Gasteiger partial charge < -0.3 is 19.4 Å². The van der Waals surface area contributed by atoms with Crippen LogP contribution in [0.2, 0.25) is 0 Å². The van der Waals surface area contributed by atoms with E-state index in [0.717, 1.165) is 6.26 Å². The maximum Gasteiger partial charge on any atom is 0.306 e. The van der Waals surface area contributed by atoms with Crippen molar-refractivity contribution in [3.63, 3.8) is 0 Å². The molecule has 1 heterocycles. The van der Waals surface area contributed by atoms with Gasteiger partial charge in [0.05, 0.1) is 20.5 Å². The van der Waals surface area contributed by atoms with Crippen molar-refractivity contribution in [1.82, 2.24) is 4.90 Å². The van der Waals surface area contributed by atoms with Crippen molar-refractivity contribution in [2.24, 2.45) is 10.7 Å². The lowest BCUT2D eigenvalue weighted by atomic mass is 9.81. The van der Waals surface area contributed by atoms with E-state index in [1.165, 1.54) is 18.1 Å². The lowest BCUT2D eigenvalue weighted by molar-refractivity contribution is -0.129. The maximum absolute atomic E-state index is 13.5. The van der Waals surface area contributed by atoms with Gasteiger partial charge in [-0.25, -0.2) is 4.99 Å². The number of amides is 1. The Morgan fingerprint density at radius 2 is 1.51 bits per heavy atom. The quantitative estimate of drug-likeness (QED) is 0.500. The highest BCUT2D eigenvalue weighted by atomic mass is 32.2. The number of aliphatic imine (C=N–C) groups is 1. The first-order chi connectivity index (χ1) is 16.6. The number of hydrogen-bond acceptors (Lipinski definition) is 8. The summed E-state index contributed by atoms with van der Waals surface area (Å²) in [5.41, 5.74) is 7.23. The fraction of sp³-hybridized carbons (Fsp3) is 0.200. The summed E-state index contributed by atoms with van der Waals surface area (Å²) in [6.07, 6.45) is 0.968. The molecule has 0 bridgehead atoms. The molecule has 0 radical (unpaired) electrons. The molecule has 35 heavy (non-hydrogen) atoms.